The van der Waals surface area contributed by atoms with Crippen molar-refractivity contribution >= 4 is 28.8 Å². The van der Waals surface area contributed by atoms with E-state index in [0.717, 1.165) is 24.1 Å². The van der Waals surface area contributed by atoms with Gasteiger partial charge in [-0.05, 0) is 42.1 Å². The van der Waals surface area contributed by atoms with Gasteiger partial charge in [0.15, 0.2) is 0 Å². The minimum atomic E-state index is -0.612. The minimum absolute atomic E-state index is 0.134. The Labute approximate surface area is 207 Å². The molecule has 1 aliphatic rings. The Balaban J connectivity index is 1.65. The molecule has 0 bridgehead atoms. The first kappa shape index (κ1) is 26.0. The number of amides is 1. The van der Waals surface area contributed by atoms with Gasteiger partial charge in [0.25, 0.3) is 11.7 Å². The molecule has 1 atom stereocenters. The molecular weight excluding hydrogens is 446 g/mol. The molecule has 34 heavy (non-hydrogen) atoms. The van der Waals surface area contributed by atoms with Gasteiger partial charge in [0.1, 0.15) is 11.5 Å². The molecule has 1 fully saturated rings. The van der Waals surface area contributed by atoms with Gasteiger partial charge in [-0.3, -0.25) is 9.59 Å². The monoisotopic (exact) mass is 483 g/mol. The van der Waals surface area contributed by atoms with Crippen molar-refractivity contribution in [2.75, 3.05) is 13.7 Å². The number of carbonyl (C=O) groups is 2. The number of aliphatic hydroxyl groups is 1. The molecule has 0 saturated carbocycles. The van der Waals surface area contributed by atoms with E-state index in [9.17, 15) is 14.7 Å². The maximum Gasteiger partial charge on any atom is 0.295 e. The van der Waals surface area contributed by atoms with Crippen LogP contribution >= 0.6 is 11.3 Å². The molecule has 1 aromatic carbocycles. The van der Waals surface area contributed by atoms with Crippen LogP contribution in [0.15, 0.2) is 47.4 Å². The fourth-order valence-electron chi connectivity index (χ4n) is 4.53. The number of ketones is 1. The number of ether oxygens (including phenoxy) is 1. The second-order valence-corrected chi connectivity index (χ2v) is 9.90. The molecule has 2 aromatic rings. The number of Topliss-reactive ketones (excluding diaryl/α,β-unsaturated/α-hetero) is 1. The van der Waals surface area contributed by atoms with Crippen molar-refractivity contribution in [3.63, 3.8) is 0 Å². The third kappa shape index (κ3) is 6.50. The second-order valence-electron chi connectivity index (χ2n) is 8.92. The van der Waals surface area contributed by atoms with E-state index in [1.165, 1.54) is 56.3 Å². The number of thiophene rings is 1. The number of aliphatic hydroxyl groups excluding tert-OH is 1. The molecule has 1 aliphatic heterocycles. The highest BCUT2D eigenvalue weighted by Crippen LogP contribution is 2.41. The normalized spacial score (nSPS) is 17.5. The van der Waals surface area contributed by atoms with Gasteiger partial charge in [-0.25, -0.2) is 0 Å². The quantitative estimate of drug-likeness (QED) is 0.135. The fourth-order valence-corrected chi connectivity index (χ4v) is 5.37. The van der Waals surface area contributed by atoms with E-state index in [0.29, 0.717) is 17.9 Å². The predicted octanol–water partition coefficient (Wildman–Crippen LogP) is 7.10. The Morgan fingerprint density at radius 2 is 1.56 bits per heavy atom. The van der Waals surface area contributed by atoms with Crippen LogP contribution in [0.5, 0.6) is 5.75 Å². The summed E-state index contributed by atoms with van der Waals surface area (Å²) in [6.45, 7) is 2.75. The number of carbonyl (C=O) groups excluding carboxylic acids is 2. The highest BCUT2D eigenvalue weighted by Gasteiger charge is 2.46. The maximum atomic E-state index is 13.0. The van der Waals surface area contributed by atoms with Crippen LogP contribution < -0.4 is 4.74 Å². The van der Waals surface area contributed by atoms with Gasteiger partial charge in [0.2, 0.25) is 0 Å². The molecule has 1 unspecified atom stereocenters. The minimum Gasteiger partial charge on any atom is -0.507 e. The summed E-state index contributed by atoms with van der Waals surface area (Å²) in [6, 6.07) is 10.2. The van der Waals surface area contributed by atoms with Gasteiger partial charge < -0.3 is 14.7 Å². The van der Waals surface area contributed by atoms with Gasteiger partial charge in [-0.2, -0.15) is 0 Å². The first-order valence-electron chi connectivity index (χ1n) is 12.5. The van der Waals surface area contributed by atoms with Crippen molar-refractivity contribution in [3.8, 4) is 5.75 Å². The number of likely N-dealkylation sites (tertiary alicyclic amines) is 1. The largest absolute Gasteiger partial charge is 0.507 e. The van der Waals surface area contributed by atoms with Gasteiger partial charge in [-0.1, -0.05) is 70.8 Å². The Kier molecular flexibility index (Phi) is 10.2. The molecule has 0 aliphatic carbocycles. The van der Waals surface area contributed by atoms with Gasteiger partial charge in [0.05, 0.1) is 18.7 Å². The lowest BCUT2D eigenvalue weighted by Gasteiger charge is -2.24. The highest BCUT2D eigenvalue weighted by atomic mass is 32.1. The molecule has 2 heterocycles. The predicted molar refractivity (Wildman–Crippen MR) is 138 cm³/mol. The van der Waals surface area contributed by atoms with Crippen molar-refractivity contribution in [1.82, 2.24) is 4.90 Å². The first-order chi connectivity index (χ1) is 16.6. The van der Waals surface area contributed by atoms with Crippen molar-refractivity contribution in [3.05, 3.63) is 57.8 Å². The molecule has 1 saturated heterocycles. The molecule has 0 spiro atoms. The third-order valence-corrected chi connectivity index (χ3v) is 7.39. The van der Waals surface area contributed by atoms with Crippen LogP contribution in [0.1, 0.15) is 87.6 Å². The molecule has 6 heteroatoms. The average Bonchev–Trinajstić information content (AvgIpc) is 3.47. The SMILES string of the molecule is CCCCCCCCCCCCN1C(=O)C(=O)C(=C(O)c2ccc(OC)cc2)C1c1cccs1. The summed E-state index contributed by atoms with van der Waals surface area (Å²) in [6.07, 6.45) is 12.1. The number of unbranched alkanes of at least 4 members (excludes halogenated alkanes) is 9. The van der Waals surface area contributed by atoms with Gasteiger partial charge >= 0.3 is 0 Å². The first-order valence-corrected chi connectivity index (χ1v) is 13.4. The van der Waals surface area contributed by atoms with Gasteiger partial charge in [0, 0.05) is 17.0 Å². The second kappa shape index (κ2) is 13.3. The number of nitrogens with zero attached hydrogens (tertiary/aromatic N) is 1. The van der Waals surface area contributed by atoms with E-state index in [4.69, 9.17) is 4.74 Å². The number of rotatable bonds is 14. The van der Waals surface area contributed by atoms with Crippen LogP contribution in [0.2, 0.25) is 0 Å². The summed E-state index contributed by atoms with van der Waals surface area (Å²) in [5.41, 5.74) is 0.670. The lowest BCUT2D eigenvalue weighted by Crippen LogP contribution is -2.30. The molecule has 1 N–H and O–H groups in total. The van der Waals surface area contributed by atoms with E-state index in [1.54, 1.807) is 36.3 Å². The Hall–Kier alpha value is -2.60. The lowest BCUT2D eigenvalue weighted by molar-refractivity contribution is -0.139. The summed E-state index contributed by atoms with van der Waals surface area (Å²) in [5, 5.41) is 13.0. The summed E-state index contributed by atoms with van der Waals surface area (Å²) in [4.78, 5) is 28.5. The molecule has 5 nitrogen and oxygen atoms in total. The molecule has 1 amide bonds. The van der Waals surface area contributed by atoms with Crippen LogP contribution in [-0.2, 0) is 9.59 Å². The number of hydrogen-bond acceptors (Lipinski definition) is 5. The molecular formula is C28H37NO4S. The Morgan fingerprint density at radius 3 is 2.12 bits per heavy atom. The zero-order valence-electron chi connectivity index (χ0n) is 20.4. The Bertz CT molecular complexity index is 949. The molecule has 0 radical (unpaired) electrons. The topological polar surface area (TPSA) is 66.8 Å². The number of benzene rings is 1. The van der Waals surface area contributed by atoms with Crippen LogP contribution in [-0.4, -0.2) is 35.4 Å². The van der Waals surface area contributed by atoms with Crippen molar-refractivity contribution in [1.29, 1.82) is 0 Å². The molecule has 184 valence electrons. The van der Waals surface area contributed by atoms with Crippen LogP contribution in [0.3, 0.4) is 0 Å². The van der Waals surface area contributed by atoms with E-state index in [-0.39, 0.29) is 11.3 Å². The lowest BCUT2D eigenvalue weighted by atomic mass is 9.99. The van der Waals surface area contributed by atoms with Crippen LogP contribution in [0, 0.1) is 0 Å². The number of methoxy groups -OCH3 is 1. The summed E-state index contributed by atoms with van der Waals surface area (Å²) in [7, 11) is 1.57. The Morgan fingerprint density at radius 1 is 0.941 bits per heavy atom. The van der Waals surface area contributed by atoms with E-state index >= 15 is 0 Å². The summed E-state index contributed by atoms with van der Waals surface area (Å²) >= 11 is 1.50. The average molecular weight is 484 g/mol. The van der Waals surface area contributed by atoms with Gasteiger partial charge in [-0.15, -0.1) is 11.3 Å². The maximum absolute atomic E-state index is 13.0. The van der Waals surface area contributed by atoms with Crippen molar-refractivity contribution in [2.45, 2.75) is 77.2 Å². The van der Waals surface area contributed by atoms with E-state index < -0.39 is 17.7 Å². The zero-order chi connectivity index (χ0) is 24.3. The molecule has 3 rings (SSSR count). The number of hydrogen-bond donors (Lipinski definition) is 1. The zero-order valence-corrected chi connectivity index (χ0v) is 21.2. The third-order valence-electron chi connectivity index (χ3n) is 6.47. The fraction of sp³-hybridized carbons (Fsp3) is 0.500. The smallest absolute Gasteiger partial charge is 0.295 e. The summed E-state index contributed by atoms with van der Waals surface area (Å²) in [5.74, 6) is -0.610. The highest BCUT2D eigenvalue weighted by molar-refractivity contribution is 7.10. The van der Waals surface area contributed by atoms with Crippen LogP contribution in [0.4, 0.5) is 0 Å². The van der Waals surface area contributed by atoms with Crippen molar-refractivity contribution in [2.24, 2.45) is 0 Å². The van der Waals surface area contributed by atoms with Crippen LogP contribution in [0.25, 0.3) is 5.76 Å². The van der Waals surface area contributed by atoms with E-state index in [1.807, 2.05) is 17.5 Å². The standard InChI is InChI=1S/C28H37NO4S/c1-3-4-5-6-7-8-9-10-11-12-19-29-25(23-14-13-20-34-23)24(27(31)28(29)32)26(30)21-15-17-22(33-2)18-16-21/h13-18,20,25,30H,3-12,19H2,1-2H3. The van der Waals surface area contributed by atoms with Crippen molar-refractivity contribution < 1.29 is 19.4 Å². The molecule has 1 aromatic heterocycles. The summed E-state index contributed by atoms with van der Waals surface area (Å²) < 4.78 is 5.19. The van der Waals surface area contributed by atoms with E-state index in [2.05, 4.69) is 6.92 Å².